The molecule has 1 heterocycles. The van der Waals surface area contributed by atoms with Crippen LogP contribution in [0.25, 0.3) is 0 Å². The summed E-state index contributed by atoms with van der Waals surface area (Å²) in [5.41, 5.74) is 4.80. The maximum Gasteiger partial charge on any atom is 0.227 e. The molecule has 1 unspecified atom stereocenters. The van der Waals surface area contributed by atoms with Crippen molar-refractivity contribution < 1.29 is 4.79 Å². The van der Waals surface area contributed by atoms with Crippen LogP contribution in [-0.4, -0.2) is 11.9 Å². The highest BCUT2D eigenvalue weighted by molar-refractivity contribution is 5.97. The third-order valence-corrected chi connectivity index (χ3v) is 3.36. The Labute approximate surface area is 97.3 Å². The highest BCUT2D eigenvalue weighted by Gasteiger charge is 2.30. The van der Waals surface area contributed by atoms with Crippen molar-refractivity contribution in [3.63, 3.8) is 0 Å². The second-order valence-electron chi connectivity index (χ2n) is 4.90. The topological polar surface area (TPSA) is 20.3 Å². The van der Waals surface area contributed by atoms with E-state index in [4.69, 9.17) is 0 Å². The predicted molar refractivity (Wildman–Crippen MR) is 66.8 cm³/mol. The lowest BCUT2D eigenvalue weighted by atomic mass is 10.0. The van der Waals surface area contributed by atoms with E-state index in [0.717, 1.165) is 12.1 Å². The molecule has 1 aliphatic heterocycles. The minimum absolute atomic E-state index is 0.266. The van der Waals surface area contributed by atoms with Gasteiger partial charge in [-0.1, -0.05) is 17.7 Å². The third-order valence-electron chi connectivity index (χ3n) is 3.36. The summed E-state index contributed by atoms with van der Waals surface area (Å²) >= 11 is 0. The summed E-state index contributed by atoms with van der Waals surface area (Å²) in [6, 6.07) is 4.65. The summed E-state index contributed by atoms with van der Waals surface area (Å²) < 4.78 is 0. The highest BCUT2D eigenvalue weighted by atomic mass is 16.2. The molecule has 2 nitrogen and oxygen atoms in total. The number of carbonyl (C=O) groups excluding carboxylic acids is 1. The zero-order chi connectivity index (χ0) is 11.9. The minimum atomic E-state index is 0.266. The summed E-state index contributed by atoms with van der Waals surface area (Å²) in [6.07, 6.45) is 1.67. The number of nitrogens with zero attached hydrogens (tertiary/aromatic N) is 1. The smallest absolute Gasteiger partial charge is 0.227 e. The number of aryl methyl sites for hydroxylation is 3. The zero-order valence-corrected chi connectivity index (χ0v) is 10.5. The number of benzene rings is 1. The van der Waals surface area contributed by atoms with Gasteiger partial charge >= 0.3 is 0 Å². The van der Waals surface area contributed by atoms with Crippen molar-refractivity contribution >= 4 is 11.6 Å². The second kappa shape index (κ2) is 3.93. The Balaban J connectivity index is 2.51. The Morgan fingerprint density at radius 3 is 2.19 bits per heavy atom. The van der Waals surface area contributed by atoms with Crippen LogP contribution >= 0.6 is 0 Å². The zero-order valence-electron chi connectivity index (χ0n) is 10.5. The molecule has 16 heavy (non-hydrogen) atoms. The Hall–Kier alpha value is -1.31. The van der Waals surface area contributed by atoms with E-state index in [1.165, 1.54) is 16.7 Å². The lowest BCUT2D eigenvalue weighted by Gasteiger charge is -2.26. The van der Waals surface area contributed by atoms with Crippen molar-refractivity contribution in [3.05, 3.63) is 28.8 Å². The number of anilines is 1. The Morgan fingerprint density at radius 1 is 1.19 bits per heavy atom. The van der Waals surface area contributed by atoms with Crippen LogP contribution in [-0.2, 0) is 4.79 Å². The first-order chi connectivity index (χ1) is 7.50. The van der Waals surface area contributed by atoms with Gasteiger partial charge in [0.15, 0.2) is 0 Å². The van der Waals surface area contributed by atoms with Crippen LogP contribution in [0.1, 0.15) is 36.5 Å². The molecule has 0 saturated carbocycles. The molecule has 2 heteroatoms. The maximum atomic E-state index is 11.9. The van der Waals surface area contributed by atoms with Gasteiger partial charge in [0.05, 0.1) is 0 Å². The number of hydrogen-bond donors (Lipinski definition) is 0. The quantitative estimate of drug-likeness (QED) is 0.707. The van der Waals surface area contributed by atoms with Crippen LogP contribution in [0.2, 0.25) is 0 Å². The fourth-order valence-corrected chi connectivity index (χ4v) is 2.73. The van der Waals surface area contributed by atoms with Gasteiger partial charge in [0.1, 0.15) is 0 Å². The van der Waals surface area contributed by atoms with E-state index < -0.39 is 0 Å². The summed E-state index contributed by atoms with van der Waals surface area (Å²) in [4.78, 5) is 13.9. The van der Waals surface area contributed by atoms with E-state index in [-0.39, 0.29) is 5.91 Å². The van der Waals surface area contributed by atoms with Crippen LogP contribution in [0.4, 0.5) is 5.69 Å². The predicted octanol–water partition coefficient (Wildman–Crippen LogP) is 3.13. The average Bonchev–Trinajstić information content (AvgIpc) is 2.47. The molecule has 1 aromatic rings. The van der Waals surface area contributed by atoms with E-state index in [2.05, 4.69) is 39.8 Å². The van der Waals surface area contributed by atoms with Gasteiger partial charge in [-0.25, -0.2) is 0 Å². The van der Waals surface area contributed by atoms with Crippen molar-refractivity contribution in [1.29, 1.82) is 0 Å². The van der Waals surface area contributed by atoms with E-state index in [9.17, 15) is 4.79 Å². The van der Waals surface area contributed by atoms with Gasteiger partial charge in [-0.15, -0.1) is 0 Å². The molecule has 0 aromatic heterocycles. The minimum Gasteiger partial charge on any atom is -0.309 e. The van der Waals surface area contributed by atoms with E-state index >= 15 is 0 Å². The standard InChI is InChI=1S/C14H19NO/c1-9-7-10(2)14(11(3)8-9)15-12(4)5-6-13(15)16/h7-8,12H,5-6H2,1-4H3. The van der Waals surface area contributed by atoms with Crippen LogP contribution in [0.3, 0.4) is 0 Å². The van der Waals surface area contributed by atoms with E-state index in [0.29, 0.717) is 12.5 Å². The van der Waals surface area contributed by atoms with Gasteiger partial charge in [-0.05, 0) is 45.2 Å². The maximum absolute atomic E-state index is 11.9. The summed E-state index contributed by atoms with van der Waals surface area (Å²) in [5.74, 6) is 0.266. The lowest BCUT2D eigenvalue weighted by Crippen LogP contribution is -2.32. The summed E-state index contributed by atoms with van der Waals surface area (Å²) in [6.45, 7) is 8.41. The lowest BCUT2D eigenvalue weighted by molar-refractivity contribution is -0.117. The van der Waals surface area contributed by atoms with Crippen molar-refractivity contribution in [3.8, 4) is 0 Å². The Kier molecular flexibility index (Phi) is 2.75. The number of hydrogen-bond acceptors (Lipinski definition) is 1. The van der Waals surface area contributed by atoms with Crippen molar-refractivity contribution in [2.24, 2.45) is 0 Å². The third kappa shape index (κ3) is 1.73. The van der Waals surface area contributed by atoms with E-state index in [1.807, 2.05) is 4.90 Å². The summed E-state index contributed by atoms with van der Waals surface area (Å²) in [5, 5.41) is 0. The van der Waals surface area contributed by atoms with Gasteiger partial charge in [0.25, 0.3) is 0 Å². The molecule has 2 rings (SSSR count). The van der Waals surface area contributed by atoms with Gasteiger partial charge in [-0.2, -0.15) is 0 Å². The van der Waals surface area contributed by atoms with Crippen molar-refractivity contribution in [2.45, 2.75) is 46.6 Å². The van der Waals surface area contributed by atoms with Gasteiger partial charge < -0.3 is 4.90 Å². The van der Waals surface area contributed by atoms with Crippen molar-refractivity contribution in [1.82, 2.24) is 0 Å². The van der Waals surface area contributed by atoms with Crippen LogP contribution < -0.4 is 4.90 Å². The molecule has 1 amide bonds. The SMILES string of the molecule is Cc1cc(C)c(N2C(=O)CCC2C)c(C)c1. The molecule has 86 valence electrons. The molecule has 1 aromatic carbocycles. The van der Waals surface area contributed by atoms with Gasteiger partial charge in [0, 0.05) is 18.2 Å². The van der Waals surface area contributed by atoms with Crippen LogP contribution in [0, 0.1) is 20.8 Å². The normalized spacial score (nSPS) is 20.6. The molecule has 0 aliphatic carbocycles. The van der Waals surface area contributed by atoms with Crippen molar-refractivity contribution in [2.75, 3.05) is 4.90 Å². The number of rotatable bonds is 1. The van der Waals surface area contributed by atoms with Crippen LogP contribution in [0.15, 0.2) is 12.1 Å². The molecule has 0 radical (unpaired) electrons. The second-order valence-corrected chi connectivity index (χ2v) is 4.90. The monoisotopic (exact) mass is 217 g/mol. The van der Waals surface area contributed by atoms with Crippen LogP contribution in [0.5, 0.6) is 0 Å². The van der Waals surface area contributed by atoms with Gasteiger partial charge in [-0.3, -0.25) is 4.79 Å². The Bertz CT molecular complexity index is 413. The number of carbonyl (C=O) groups is 1. The fourth-order valence-electron chi connectivity index (χ4n) is 2.73. The molecule has 0 spiro atoms. The molecule has 1 fully saturated rings. The molecule has 0 N–H and O–H groups in total. The Morgan fingerprint density at radius 2 is 1.75 bits per heavy atom. The molecule has 0 bridgehead atoms. The first kappa shape index (κ1) is 11.2. The van der Waals surface area contributed by atoms with E-state index in [1.54, 1.807) is 0 Å². The highest BCUT2D eigenvalue weighted by Crippen LogP contribution is 2.32. The molecular weight excluding hydrogens is 198 g/mol. The summed E-state index contributed by atoms with van der Waals surface area (Å²) in [7, 11) is 0. The molecule has 1 aliphatic rings. The first-order valence-electron chi connectivity index (χ1n) is 5.90. The number of amides is 1. The largest absolute Gasteiger partial charge is 0.309 e. The fraction of sp³-hybridized carbons (Fsp3) is 0.500. The first-order valence-corrected chi connectivity index (χ1v) is 5.90. The van der Waals surface area contributed by atoms with Gasteiger partial charge in [0.2, 0.25) is 5.91 Å². The molecule has 1 atom stereocenters. The molecule has 1 saturated heterocycles. The average molecular weight is 217 g/mol. The molecular formula is C14H19NO.